The number of ether oxygens (including phenoxy) is 2. The lowest BCUT2D eigenvalue weighted by atomic mass is 9.81. The minimum Gasteiger partial charge on any atom is -0.459 e. The topological polar surface area (TPSA) is 111 Å². The second-order valence-corrected chi connectivity index (χ2v) is 10.4. The van der Waals surface area contributed by atoms with Crippen molar-refractivity contribution < 1.29 is 28.7 Å². The smallest absolute Gasteiger partial charge is 0.329 e. The molecule has 2 N–H and O–H groups in total. The average molecular weight is 475 g/mol. The molecule has 5 atom stereocenters. The number of carbonyl (C=O) groups excluding carboxylic acids is 4. The molecule has 1 aliphatic rings. The zero-order valence-corrected chi connectivity index (χ0v) is 21.2. The monoisotopic (exact) mass is 474 g/mol. The fourth-order valence-electron chi connectivity index (χ4n) is 3.78. The van der Waals surface area contributed by atoms with Crippen molar-refractivity contribution in [2.75, 3.05) is 0 Å². The third-order valence-corrected chi connectivity index (χ3v) is 6.21. The largest absolute Gasteiger partial charge is 0.459 e. The summed E-state index contributed by atoms with van der Waals surface area (Å²) in [5.41, 5.74) is 0.185. The van der Waals surface area contributed by atoms with Gasteiger partial charge in [-0.05, 0) is 22.8 Å². The van der Waals surface area contributed by atoms with E-state index in [1.165, 1.54) is 0 Å². The Labute approximate surface area is 202 Å². The number of esters is 2. The molecule has 1 heterocycles. The summed E-state index contributed by atoms with van der Waals surface area (Å²) in [5, 5.41) is 5.51. The Morgan fingerprint density at radius 1 is 1.06 bits per heavy atom. The highest BCUT2D eigenvalue weighted by molar-refractivity contribution is 5.97. The van der Waals surface area contributed by atoms with E-state index in [0.717, 1.165) is 12.0 Å². The molecule has 0 aliphatic carbocycles. The normalized spacial score (nSPS) is 20.4. The van der Waals surface area contributed by atoms with E-state index in [9.17, 15) is 19.2 Å². The molecule has 0 radical (unpaired) electrons. The molecule has 0 unspecified atom stereocenters. The van der Waals surface area contributed by atoms with Crippen LogP contribution in [0.2, 0.25) is 0 Å². The lowest BCUT2D eigenvalue weighted by Crippen LogP contribution is -2.63. The van der Waals surface area contributed by atoms with Gasteiger partial charge in [-0.3, -0.25) is 14.4 Å². The van der Waals surface area contributed by atoms with E-state index in [4.69, 9.17) is 9.47 Å². The molecule has 0 bridgehead atoms. The van der Waals surface area contributed by atoms with Gasteiger partial charge in [0.2, 0.25) is 5.91 Å². The lowest BCUT2D eigenvalue weighted by Gasteiger charge is -2.39. The van der Waals surface area contributed by atoms with Gasteiger partial charge in [0.15, 0.2) is 6.10 Å². The van der Waals surface area contributed by atoms with Crippen molar-refractivity contribution in [3.8, 4) is 0 Å². The molecule has 188 valence electrons. The molecule has 8 heteroatoms. The van der Waals surface area contributed by atoms with Gasteiger partial charge < -0.3 is 20.1 Å². The molecule has 0 spiro atoms. The maximum Gasteiger partial charge on any atom is 0.329 e. The van der Waals surface area contributed by atoms with E-state index in [-0.39, 0.29) is 18.4 Å². The van der Waals surface area contributed by atoms with Crippen molar-refractivity contribution in [3.63, 3.8) is 0 Å². The quantitative estimate of drug-likeness (QED) is 0.505. The molecule has 1 saturated heterocycles. The number of cyclic esters (lactones) is 1. The number of nitrogens with one attached hydrogen (secondary N) is 2. The predicted octanol–water partition coefficient (Wildman–Crippen LogP) is 2.99. The maximum absolute atomic E-state index is 13.2. The Hall–Kier alpha value is -2.90. The van der Waals surface area contributed by atoms with Crippen LogP contribution in [0, 0.1) is 23.2 Å². The van der Waals surface area contributed by atoms with Crippen LogP contribution in [0.5, 0.6) is 0 Å². The van der Waals surface area contributed by atoms with E-state index in [1.807, 2.05) is 78.8 Å². The number of amides is 2. The summed E-state index contributed by atoms with van der Waals surface area (Å²) in [6.45, 7) is 13.0. The van der Waals surface area contributed by atoms with Gasteiger partial charge >= 0.3 is 11.9 Å². The molecule has 2 amide bonds. The van der Waals surface area contributed by atoms with Crippen LogP contribution >= 0.6 is 0 Å². The molecule has 1 fully saturated rings. The second kappa shape index (κ2) is 11.5. The van der Waals surface area contributed by atoms with Crippen molar-refractivity contribution >= 4 is 23.8 Å². The molecule has 1 aliphatic heterocycles. The van der Waals surface area contributed by atoms with E-state index >= 15 is 0 Å². The molecule has 0 saturated carbocycles. The van der Waals surface area contributed by atoms with Gasteiger partial charge in [-0.25, -0.2) is 4.79 Å². The number of rotatable bonds is 10. The van der Waals surface area contributed by atoms with E-state index in [0.29, 0.717) is 0 Å². The van der Waals surface area contributed by atoms with Crippen LogP contribution in [0.25, 0.3) is 0 Å². The maximum atomic E-state index is 13.2. The SMILES string of the molecule is CC[C@H](C)[C@@H]1C(=O)O[C@H]1C(=O)N[C@H](C(=O)N[C@H](C(=O)OCc1ccccc1)C(C)C)C(C)(C)C. The average Bonchev–Trinajstić information content (AvgIpc) is 2.76. The Morgan fingerprint density at radius 2 is 1.68 bits per heavy atom. The first-order valence-corrected chi connectivity index (χ1v) is 11.9. The number of hydrogen-bond donors (Lipinski definition) is 2. The third kappa shape index (κ3) is 6.81. The van der Waals surface area contributed by atoms with Crippen molar-refractivity contribution in [3.05, 3.63) is 35.9 Å². The molecular weight excluding hydrogens is 436 g/mol. The van der Waals surface area contributed by atoms with Crippen LogP contribution in [0.4, 0.5) is 0 Å². The zero-order chi connectivity index (χ0) is 25.6. The molecular formula is C26H38N2O6. The molecule has 1 aromatic rings. The minimum atomic E-state index is -0.944. The first-order chi connectivity index (χ1) is 15.9. The van der Waals surface area contributed by atoms with E-state index in [2.05, 4.69) is 10.6 Å². The fraction of sp³-hybridized carbons (Fsp3) is 0.615. The summed E-state index contributed by atoms with van der Waals surface area (Å²) >= 11 is 0. The Bertz CT molecular complexity index is 877. The first kappa shape index (κ1) is 27.3. The van der Waals surface area contributed by atoms with Crippen LogP contribution in [-0.4, -0.2) is 41.9 Å². The Kier molecular flexibility index (Phi) is 9.24. The third-order valence-electron chi connectivity index (χ3n) is 6.21. The number of benzene rings is 1. The number of carbonyl (C=O) groups is 4. The molecule has 0 aromatic heterocycles. The van der Waals surface area contributed by atoms with Crippen molar-refractivity contribution in [1.29, 1.82) is 0 Å². The standard InChI is InChI=1S/C26H38N2O6/c1-8-16(4)18-20(34-24(18)31)22(29)28-21(26(5,6)7)23(30)27-19(15(2)3)25(32)33-14-17-12-10-9-11-13-17/h9-13,15-16,18-21H,8,14H2,1-7H3,(H,27,30)(H,28,29)/t16-,18-,19-,20+,21+/m0/s1. The van der Waals surface area contributed by atoms with Crippen molar-refractivity contribution in [1.82, 2.24) is 10.6 Å². The van der Waals surface area contributed by atoms with Gasteiger partial charge in [0.1, 0.15) is 24.6 Å². The molecule has 8 nitrogen and oxygen atoms in total. The molecule has 1 aromatic carbocycles. The van der Waals surface area contributed by atoms with Gasteiger partial charge in [-0.15, -0.1) is 0 Å². The zero-order valence-electron chi connectivity index (χ0n) is 21.2. The van der Waals surface area contributed by atoms with Crippen LogP contribution in [-0.2, 0) is 35.3 Å². The highest BCUT2D eigenvalue weighted by Crippen LogP contribution is 2.32. The van der Waals surface area contributed by atoms with Crippen LogP contribution in [0.1, 0.15) is 60.5 Å². The first-order valence-electron chi connectivity index (χ1n) is 11.9. The summed E-state index contributed by atoms with van der Waals surface area (Å²) in [6.07, 6.45) is -0.190. The van der Waals surface area contributed by atoms with Crippen LogP contribution in [0.3, 0.4) is 0 Å². The Balaban J connectivity index is 2.08. The Morgan fingerprint density at radius 3 is 2.18 bits per heavy atom. The van der Waals surface area contributed by atoms with E-state index < -0.39 is 53.3 Å². The highest BCUT2D eigenvalue weighted by Gasteiger charge is 2.50. The summed E-state index contributed by atoms with van der Waals surface area (Å²) in [5.74, 6) is -2.71. The second-order valence-electron chi connectivity index (χ2n) is 10.4. The summed E-state index contributed by atoms with van der Waals surface area (Å²) in [6, 6.07) is 7.45. The summed E-state index contributed by atoms with van der Waals surface area (Å²) in [7, 11) is 0. The van der Waals surface area contributed by atoms with Gasteiger partial charge in [-0.1, -0.05) is 85.2 Å². The van der Waals surface area contributed by atoms with Crippen molar-refractivity contribution in [2.24, 2.45) is 23.2 Å². The van der Waals surface area contributed by atoms with Gasteiger partial charge in [0, 0.05) is 0 Å². The van der Waals surface area contributed by atoms with E-state index in [1.54, 1.807) is 0 Å². The molecule has 34 heavy (non-hydrogen) atoms. The fourth-order valence-corrected chi connectivity index (χ4v) is 3.78. The van der Waals surface area contributed by atoms with Crippen molar-refractivity contribution in [2.45, 2.75) is 79.7 Å². The summed E-state index contributed by atoms with van der Waals surface area (Å²) < 4.78 is 10.5. The van der Waals surface area contributed by atoms with Gasteiger partial charge in [-0.2, -0.15) is 0 Å². The van der Waals surface area contributed by atoms with Crippen LogP contribution in [0.15, 0.2) is 30.3 Å². The number of hydrogen-bond acceptors (Lipinski definition) is 6. The summed E-state index contributed by atoms with van der Waals surface area (Å²) in [4.78, 5) is 50.8. The van der Waals surface area contributed by atoms with Gasteiger partial charge in [0.05, 0.1) is 0 Å². The van der Waals surface area contributed by atoms with Crippen LogP contribution < -0.4 is 10.6 Å². The highest BCUT2D eigenvalue weighted by atomic mass is 16.6. The van der Waals surface area contributed by atoms with Gasteiger partial charge in [0.25, 0.3) is 5.91 Å². The lowest BCUT2D eigenvalue weighted by molar-refractivity contribution is -0.193. The molecule has 2 rings (SSSR count). The minimum absolute atomic E-state index is 0.0105. The predicted molar refractivity (Wildman–Crippen MR) is 127 cm³/mol.